The van der Waals surface area contributed by atoms with Crippen molar-refractivity contribution in [3.63, 3.8) is 0 Å². The lowest BCUT2D eigenvalue weighted by molar-refractivity contribution is 0.488. The van der Waals surface area contributed by atoms with E-state index in [0.717, 1.165) is 22.6 Å². The molecule has 0 saturated carbocycles. The third kappa shape index (κ3) is 2.96. The fourth-order valence-corrected chi connectivity index (χ4v) is 6.57. The molecule has 39 heavy (non-hydrogen) atoms. The Bertz CT molecular complexity index is 2310. The molecule has 8 aromatic rings. The molecule has 0 amide bonds. The molecule has 0 bridgehead atoms. The van der Waals surface area contributed by atoms with Gasteiger partial charge in [0, 0.05) is 10.9 Å². The van der Waals surface area contributed by atoms with Gasteiger partial charge in [-0.3, -0.25) is 0 Å². The number of fused-ring (bicyclic) bond motifs is 8. The van der Waals surface area contributed by atoms with Gasteiger partial charge in [-0.05, 0) is 102 Å². The zero-order valence-electron chi connectivity index (χ0n) is 21.1. The highest BCUT2D eigenvalue weighted by atomic mass is 16.5. The Kier molecular flexibility index (Phi) is 4.11. The summed E-state index contributed by atoms with van der Waals surface area (Å²) < 4.78 is 6.69. The van der Waals surface area contributed by atoms with Crippen molar-refractivity contribution in [3.05, 3.63) is 133 Å². The van der Waals surface area contributed by atoms with E-state index in [1.807, 2.05) is 0 Å². The largest absolute Gasteiger partial charge is 0.456 e. The van der Waals surface area contributed by atoms with Crippen LogP contribution in [0.4, 0.5) is 0 Å². The molecule has 8 aromatic carbocycles. The Hall–Kier alpha value is -5.14. The van der Waals surface area contributed by atoms with Crippen LogP contribution in [0.2, 0.25) is 0 Å². The first kappa shape index (κ1) is 20.9. The number of hydrogen-bond acceptors (Lipinski definition) is 1. The minimum atomic E-state index is 0.907. The van der Waals surface area contributed by atoms with Crippen LogP contribution in [-0.2, 0) is 0 Å². The Morgan fingerprint density at radius 1 is 0.333 bits per heavy atom. The molecule has 9 rings (SSSR count). The van der Waals surface area contributed by atoms with Crippen LogP contribution in [0.5, 0.6) is 11.5 Å². The van der Waals surface area contributed by atoms with Gasteiger partial charge in [0.05, 0.1) is 0 Å². The smallest absolute Gasteiger partial charge is 0.136 e. The molecule has 180 valence electrons. The Balaban J connectivity index is 1.32. The first-order valence-electron chi connectivity index (χ1n) is 13.4. The lowest BCUT2D eigenvalue weighted by Crippen LogP contribution is -1.98. The van der Waals surface area contributed by atoms with Gasteiger partial charge in [-0.1, -0.05) is 97.1 Å². The van der Waals surface area contributed by atoms with Crippen molar-refractivity contribution in [2.24, 2.45) is 0 Å². The van der Waals surface area contributed by atoms with Crippen LogP contribution in [0.3, 0.4) is 0 Å². The van der Waals surface area contributed by atoms with Crippen molar-refractivity contribution in [1.29, 1.82) is 0 Å². The molecule has 0 N–H and O–H groups in total. The van der Waals surface area contributed by atoms with Crippen LogP contribution < -0.4 is 4.74 Å². The van der Waals surface area contributed by atoms with Crippen molar-refractivity contribution in [1.82, 2.24) is 0 Å². The summed E-state index contributed by atoms with van der Waals surface area (Å²) in [5.74, 6) is 1.84. The monoisotopic (exact) mass is 494 g/mol. The number of rotatable bonds is 1. The zero-order valence-corrected chi connectivity index (χ0v) is 21.1. The molecule has 0 aromatic heterocycles. The molecule has 0 fully saturated rings. The summed E-state index contributed by atoms with van der Waals surface area (Å²) in [5, 5.41) is 12.5. The van der Waals surface area contributed by atoms with Gasteiger partial charge < -0.3 is 4.74 Å². The van der Waals surface area contributed by atoms with Crippen LogP contribution in [0.25, 0.3) is 76.1 Å². The third-order valence-corrected chi connectivity index (χ3v) is 8.38. The number of ether oxygens (including phenoxy) is 1. The predicted octanol–water partition coefficient (Wildman–Crippen LogP) is 10.9. The first-order valence-corrected chi connectivity index (χ1v) is 13.4. The second-order valence-electron chi connectivity index (χ2n) is 10.5. The summed E-state index contributed by atoms with van der Waals surface area (Å²) in [4.78, 5) is 0. The van der Waals surface area contributed by atoms with Crippen LogP contribution in [0, 0.1) is 0 Å². The van der Waals surface area contributed by atoms with E-state index in [2.05, 4.69) is 133 Å². The summed E-state index contributed by atoms with van der Waals surface area (Å²) in [6.45, 7) is 0. The average Bonchev–Trinajstić information content (AvgIpc) is 2.99. The Labute approximate surface area is 225 Å². The fourth-order valence-electron chi connectivity index (χ4n) is 6.57. The van der Waals surface area contributed by atoms with E-state index < -0.39 is 0 Å². The highest BCUT2D eigenvalue weighted by molar-refractivity contribution is 6.19. The maximum Gasteiger partial charge on any atom is 0.136 e. The summed E-state index contributed by atoms with van der Waals surface area (Å²) in [7, 11) is 0. The quantitative estimate of drug-likeness (QED) is 0.163. The number of benzene rings is 8. The standard InChI is InChI=1S/C38H22O/c1-2-9-24-19-35-33(20-25-10-3-6-13-29(25)34(35)18-23(24)8-1)27-16-17-30-32-15-7-14-31-28-12-5-4-11-26(28)22-37(38(31)32)39-36(30)21-27/h1-22H. The zero-order chi connectivity index (χ0) is 25.5. The lowest BCUT2D eigenvalue weighted by Gasteiger charge is -2.23. The summed E-state index contributed by atoms with van der Waals surface area (Å²) in [6.07, 6.45) is 0. The van der Waals surface area contributed by atoms with Gasteiger partial charge in [0.2, 0.25) is 0 Å². The highest BCUT2D eigenvalue weighted by Crippen LogP contribution is 2.50. The minimum absolute atomic E-state index is 0.907. The topological polar surface area (TPSA) is 9.23 Å². The van der Waals surface area contributed by atoms with E-state index in [0.29, 0.717) is 0 Å². The maximum atomic E-state index is 6.69. The van der Waals surface area contributed by atoms with E-state index in [1.54, 1.807) is 0 Å². The Morgan fingerprint density at radius 3 is 1.77 bits per heavy atom. The van der Waals surface area contributed by atoms with Crippen molar-refractivity contribution < 1.29 is 4.74 Å². The van der Waals surface area contributed by atoms with Crippen molar-refractivity contribution in [3.8, 4) is 33.8 Å². The van der Waals surface area contributed by atoms with E-state index in [-0.39, 0.29) is 0 Å². The molecule has 1 aliphatic rings. The maximum absolute atomic E-state index is 6.69. The molecule has 1 heteroatoms. The van der Waals surface area contributed by atoms with Crippen molar-refractivity contribution in [2.75, 3.05) is 0 Å². The normalized spacial score (nSPS) is 12.3. The van der Waals surface area contributed by atoms with E-state index in [1.165, 1.54) is 65.0 Å². The van der Waals surface area contributed by atoms with E-state index >= 15 is 0 Å². The van der Waals surface area contributed by atoms with E-state index in [4.69, 9.17) is 4.74 Å². The third-order valence-electron chi connectivity index (χ3n) is 8.38. The van der Waals surface area contributed by atoms with Crippen LogP contribution >= 0.6 is 0 Å². The van der Waals surface area contributed by atoms with Crippen molar-refractivity contribution in [2.45, 2.75) is 0 Å². The van der Waals surface area contributed by atoms with Crippen LogP contribution in [-0.4, -0.2) is 0 Å². The summed E-state index contributed by atoms with van der Waals surface area (Å²) in [6, 6.07) is 48.4. The molecular weight excluding hydrogens is 472 g/mol. The molecule has 1 heterocycles. The molecule has 0 atom stereocenters. The van der Waals surface area contributed by atoms with E-state index in [9.17, 15) is 0 Å². The molecular formula is C38H22O. The Morgan fingerprint density at radius 2 is 0.974 bits per heavy atom. The summed E-state index contributed by atoms with van der Waals surface area (Å²) >= 11 is 0. The highest BCUT2D eigenvalue weighted by Gasteiger charge is 2.22. The average molecular weight is 495 g/mol. The van der Waals surface area contributed by atoms with Crippen LogP contribution in [0.1, 0.15) is 0 Å². The molecule has 1 nitrogen and oxygen atoms in total. The second-order valence-corrected chi connectivity index (χ2v) is 10.5. The lowest BCUT2D eigenvalue weighted by atomic mass is 9.88. The number of hydrogen-bond donors (Lipinski definition) is 0. The predicted molar refractivity (Wildman–Crippen MR) is 165 cm³/mol. The summed E-state index contributed by atoms with van der Waals surface area (Å²) in [5.41, 5.74) is 4.76. The van der Waals surface area contributed by atoms with Gasteiger partial charge in [0.15, 0.2) is 0 Å². The molecule has 0 saturated heterocycles. The molecule has 0 spiro atoms. The van der Waals surface area contributed by atoms with Gasteiger partial charge in [-0.2, -0.15) is 0 Å². The van der Waals surface area contributed by atoms with Gasteiger partial charge in [0.1, 0.15) is 11.5 Å². The van der Waals surface area contributed by atoms with Gasteiger partial charge in [-0.25, -0.2) is 0 Å². The molecule has 0 aliphatic carbocycles. The molecule has 0 radical (unpaired) electrons. The van der Waals surface area contributed by atoms with Crippen molar-refractivity contribution >= 4 is 53.9 Å². The minimum Gasteiger partial charge on any atom is -0.456 e. The SMILES string of the molecule is c1ccc2cc3c(cc2c1)c(-c1ccc2c(c1)Oc1cc4ccccc4c4cccc-2c14)cc1ccccc13. The van der Waals surface area contributed by atoms with Gasteiger partial charge in [0.25, 0.3) is 0 Å². The molecule has 0 unspecified atom stereocenters. The molecule has 1 aliphatic heterocycles. The fraction of sp³-hybridized carbons (Fsp3) is 0. The van der Waals surface area contributed by atoms with Crippen LogP contribution in [0.15, 0.2) is 133 Å². The second kappa shape index (κ2) is 7.69. The van der Waals surface area contributed by atoms with Gasteiger partial charge >= 0.3 is 0 Å². The van der Waals surface area contributed by atoms with Gasteiger partial charge in [-0.15, -0.1) is 0 Å². The first-order chi connectivity index (χ1) is 19.3.